The number of aryl methyl sites for hydroxylation is 1. The molecule has 2 rings (SSSR count). The third-order valence-corrected chi connectivity index (χ3v) is 2.95. The Labute approximate surface area is 115 Å². The molecular formula is C15H22N4. The van der Waals surface area contributed by atoms with Crippen molar-refractivity contribution in [3.63, 3.8) is 0 Å². The number of rotatable bonds is 3. The number of imidazole rings is 1. The first-order valence-electron chi connectivity index (χ1n) is 6.42. The van der Waals surface area contributed by atoms with Crippen LogP contribution in [-0.4, -0.2) is 21.6 Å². The van der Waals surface area contributed by atoms with Crippen molar-refractivity contribution < 1.29 is 0 Å². The molecule has 0 unspecified atom stereocenters. The highest BCUT2D eigenvalue weighted by Crippen LogP contribution is 2.22. The quantitative estimate of drug-likeness (QED) is 0.847. The van der Waals surface area contributed by atoms with E-state index in [9.17, 15) is 0 Å². The van der Waals surface area contributed by atoms with Gasteiger partial charge in [0.1, 0.15) is 5.82 Å². The average Bonchev–Trinajstić information content (AvgIpc) is 2.80. The number of aromatic nitrogens is 3. The molecule has 19 heavy (non-hydrogen) atoms. The summed E-state index contributed by atoms with van der Waals surface area (Å²) in [5.41, 5.74) is 2.92. The van der Waals surface area contributed by atoms with Gasteiger partial charge in [0.05, 0.1) is 29.5 Å². The molecule has 102 valence electrons. The average molecular weight is 258 g/mol. The molecule has 0 aliphatic rings. The van der Waals surface area contributed by atoms with Gasteiger partial charge in [0.15, 0.2) is 0 Å². The topological polar surface area (TPSA) is 34.0 Å². The number of pyridine rings is 1. The molecule has 0 aliphatic carbocycles. The summed E-state index contributed by atoms with van der Waals surface area (Å²) in [6, 6.07) is 3.91. The standard InChI is InChI=1S/C13H16N4.C2H6/c1-10(13-9-15-11(2)17(13)4)16(3)12-6-5-7-14-8-12;1-2/h5-9H,1H2,2-4H3;1-2H3. The Bertz CT molecular complexity index is 528. The van der Waals surface area contributed by atoms with Crippen molar-refractivity contribution in [2.75, 3.05) is 11.9 Å². The van der Waals surface area contributed by atoms with Gasteiger partial charge in [-0.15, -0.1) is 0 Å². The van der Waals surface area contributed by atoms with Crippen molar-refractivity contribution in [3.8, 4) is 0 Å². The van der Waals surface area contributed by atoms with Crippen LogP contribution in [0.3, 0.4) is 0 Å². The van der Waals surface area contributed by atoms with Gasteiger partial charge < -0.3 is 9.47 Å². The molecule has 0 fully saturated rings. The minimum atomic E-state index is 0.904. The van der Waals surface area contributed by atoms with Crippen LogP contribution in [-0.2, 0) is 7.05 Å². The Kier molecular flexibility index (Phi) is 5.30. The van der Waals surface area contributed by atoms with E-state index < -0.39 is 0 Å². The fraction of sp³-hybridized carbons (Fsp3) is 0.333. The second kappa shape index (κ2) is 6.73. The van der Waals surface area contributed by atoms with Gasteiger partial charge in [-0.25, -0.2) is 4.98 Å². The van der Waals surface area contributed by atoms with E-state index >= 15 is 0 Å². The van der Waals surface area contributed by atoms with Crippen molar-refractivity contribution in [1.82, 2.24) is 14.5 Å². The molecule has 0 radical (unpaired) electrons. The number of hydrogen-bond donors (Lipinski definition) is 0. The molecule has 2 heterocycles. The van der Waals surface area contributed by atoms with Crippen molar-refractivity contribution in [2.45, 2.75) is 20.8 Å². The smallest absolute Gasteiger partial charge is 0.105 e. The molecule has 0 atom stereocenters. The summed E-state index contributed by atoms with van der Waals surface area (Å²) in [7, 11) is 3.96. The maximum absolute atomic E-state index is 4.27. The van der Waals surface area contributed by atoms with Gasteiger partial charge in [-0.05, 0) is 19.1 Å². The van der Waals surface area contributed by atoms with Crippen molar-refractivity contribution >= 4 is 11.4 Å². The molecule has 0 aromatic carbocycles. The molecule has 0 amide bonds. The van der Waals surface area contributed by atoms with Gasteiger partial charge >= 0.3 is 0 Å². The fourth-order valence-electron chi connectivity index (χ4n) is 1.65. The van der Waals surface area contributed by atoms with Crippen LogP contribution in [0, 0.1) is 6.92 Å². The van der Waals surface area contributed by atoms with E-state index in [-0.39, 0.29) is 0 Å². The summed E-state index contributed by atoms with van der Waals surface area (Å²) >= 11 is 0. The number of anilines is 1. The summed E-state index contributed by atoms with van der Waals surface area (Å²) in [6.45, 7) is 10.1. The molecule has 0 N–H and O–H groups in total. The van der Waals surface area contributed by atoms with Crippen molar-refractivity contribution in [1.29, 1.82) is 0 Å². The lowest BCUT2D eigenvalue weighted by Crippen LogP contribution is -2.16. The molecule has 0 aliphatic heterocycles. The zero-order chi connectivity index (χ0) is 14.4. The maximum Gasteiger partial charge on any atom is 0.105 e. The van der Waals surface area contributed by atoms with Gasteiger partial charge in [-0.3, -0.25) is 4.98 Å². The molecular weight excluding hydrogens is 236 g/mol. The van der Waals surface area contributed by atoms with E-state index in [1.807, 2.05) is 68.9 Å². The zero-order valence-corrected chi connectivity index (χ0v) is 12.4. The lowest BCUT2D eigenvalue weighted by molar-refractivity contribution is 0.841. The van der Waals surface area contributed by atoms with Gasteiger partial charge in [-0.2, -0.15) is 0 Å². The minimum absolute atomic E-state index is 0.904. The summed E-state index contributed by atoms with van der Waals surface area (Å²) in [5.74, 6) is 0.973. The highest BCUT2D eigenvalue weighted by atomic mass is 15.2. The van der Waals surface area contributed by atoms with E-state index in [2.05, 4.69) is 16.5 Å². The maximum atomic E-state index is 4.27. The van der Waals surface area contributed by atoms with Crippen LogP contribution in [0.25, 0.3) is 5.70 Å². The third-order valence-electron chi connectivity index (χ3n) is 2.95. The van der Waals surface area contributed by atoms with Crippen molar-refractivity contribution in [2.24, 2.45) is 7.05 Å². The SMILES string of the molecule is C=C(c1cnc(C)n1C)N(C)c1cccnc1.CC. The lowest BCUT2D eigenvalue weighted by atomic mass is 10.3. The van der Waals surface area contributed by atoms with E-state index in [1.54, 1.807) is 6.20 Å². The first-order chi connectivity index (χ1) is 9.11. The highest BCUT2D eigenvalue weighted by Gasteiger charge is 2.11. The van der Waals surface area contributed by atoms with Crippen molar-refractivity contribution in [3.05, 3.63) is 48.8 Å². The van der Waals surface area contributed by atoms with Gasteiger partial charge in [0.25, 0.3) is 0 Å². The molecule has 0 saturated carbocycles. The Hall–Kier alpha value is -2.10. The largest absolute Gasteiger partial charge is 0.342 e. The second-order valence-electron chi connectivity index (χ2n) is 3.97. The predicted molar refractivity (Wildman–Crippen MR) is 81.0 cm³/mol. The van der Waals surface area contributed by atoms with E-state index in [4.69, 9.17) is 0 Å². The van der Waals surface area contributed by atoms with Gasteiger partial charge in [-0.1, -0.05) is 20.4 Å². The van der Waals surface area contributed by atoms with Crippen LogP contribution in [0.5, 0.6) is 0 Å². The predicted octanol–water partition coefficient (Wildman–Crippen LogP) is 3.26. The molecule has 0 saturated heterocycles. The summed E-state index contributed by atoms with van der Waals surface area (Å²) in [6.07, 6.45) is 5.41. The van der Waals surface area contributed by atoms with E-state index in [0.29, 0.717) is 0 Å². The molecule has 0 spiro atoms. The monoisotopic (exact) mass is 258 g/mol. The summed E-state index contributed by atoms with van der Waals surface area (Å²) in [4.78, 5) is 10.4. The van der Waals surface area contributed by atoms with Gasteiger partial charge in [0, 0.05) is 20.3 Å². The third kappa shape index (κ3) is 3.22. The summed E-state index contributed by atoms with van der Waals surface area (Å²) < 4.78 is 2.02. The van der Waals surface area contributed by atoms with Crippen LogP contribution in [0.15, 0.2) is 37.3 Å². The molecule has 2 aromatic rings. The zero-order valence-electron chi connectivity index (χ0n) is 12.4. The fourth-order valence-corrected chi connectivity index (χ4v) is 1.65. The Morgan fingerprint density at radius 3 is 2.47 bits per heavy atom. The van der Waals surface area contributed by atoms with Crippen LogP contribution < -0.4 is 4.90 Å². The normalized spacial score (nSPS) is 9.53. The van der Waals surface area contributed by atoms with E-state index in [0.717, 1.165) is 22.9 Å². The van der Waals surface area contributed by atoms with E-state index in [1.165, 1.54) is 0 Å². The molecule has 2 aromatic heterocycles. The lowest BCUT2D eigenvalue weighted by Gasteiger charge is -2.21. The molecule has 4 nitrogen and oxygen atoms in total. The number of nitrogens with zero attached hydrogens (tertiary/aromatic N) is 4. The van der Waals surface area contributed by atoms with Crippen LogP contribution in [0.4, 0.5) is 5.69 Å². The first kappa shape index (κ1) is 15.0. The molecule has 4 heteroatoms. The number of hydrogen-bond acceptors (Lipinski definition) is 3. The highest BCUT2D eigenvalue weighted by molar-refractivity contribution is 5.75. The first-order valence-corrected chi connectivity index (χ1v) is 6.42. The molecule has 0 bridgehead atoms. The Morgan fingerprint density at radius 1 is 1.32 bits per heavy atom. The van der Waals surface area contributed by atoms with Crippen LogP contribution in [0.2, 0.25) is 0 Å². The second-order valence-corrected chi connectivity index (χ2v) is 3.97. The van der Waals surface area contributed by atoms with Crippen LogP contribution in [0.1, 0.15) is 25.4 Å². The van der Waals surface area contributed by atoms with Gasteiger partial charge in [0.2, 0.25) is 0 Å². The minimum Gasteiger partial charge on any atom is -0.342 e. The Morgan fingerprint density at radius 2 is 2.00 bits per heavy atom. The Balaban J connectivity index is 0.000000861. The van der Waals surface area contributed by atoms with Crippen LogP contribution >= 0.6 is 0 Å². The summed E-state index contributed by atoms with van der Waals surface area (Å²) in [5, 5.41) is 0.